The van der Waals surface area contributed by atoms with Gasteiger partial charge in [-0.3, -0.25) is 0 Å². The lowest BCUT2D eigenvalue weighted by Gasteiger charge is -2.09. The van der Waals surface area contributed by atoms with Crippen LogP contribution in [0.5, 0.6) is 5.75 Å². The predicted octanol–water partition coefficient (Wildman–Crippen LogP) is 4.85. The Morgan fingerprint density at radius 1 is 1.32 bits per heavy atom. The summed E-state index contributed by atoms with van der Waals surface area (Å²) in [5, 5.41) is 14.3. The zero-order valence-electron chi connectivity index (χ0n) is 11.9. The van der Waals surface area contributed by atoms with Crippen LogP contribution in [0.2, 0.25) is 0 Å². The molecule has 0 aliphatic heterocycles. The molecule has 1 aromatic carbocycles. The molecule has 0 aliphatic carbocycles. The molecule has 0 aliphatic rings. The van der Waals surface area contributed by atoms with Gasteiger partial charge in [0, 0.05) is 22.9 Å². The molecular formula is C17H16Br2N2O. The third kappa shape index (κ3) is 4.06. The molecule has 1 aromatic heterocycles. The largest absolute Gasteiger partial charge is 0.505 e. The minimum absolute atomic E-state index is 0.151. The van der Waals surface area contributed by atoms with Crippen molar-refractivity contribution in [3.63, 3.8) is 0 Å². The van der Waals surface area contributed by atoms with E-state index < -0.39 is 0 Å². The van der Waals surface area contributed by atoms with Crippen molar-refractivity contribution in [2.24, 2.45) is 0 Å². The summed E-state index contributed by atoms with van der Waals surface area (Å²) in [5.41, 5.74) is 2.40. The number of fused-ring (bicyclic) bond motifs is 1. The van der Waals surface area contributed by atoms with Crippen LogP contribution in [0.4, 0.5) is 0 Å². The SMILES string of the molecule is C=C/C=C\C(=C)CNCc1ccc2c(Br)cc(Br)c(O)c2n1. The molecule has 0 spiro atoms. The lowest BCUT2D eigenvalue weighted by molar-refractivity contribution is 0.476. The van der Waals surface area contributed by atoms with Crippen molar-refractivity contribution < 1.29 is 5.11 Å². The number of allylic oxidation sites excluding steroid dienone is 2. The molecule has 0 bridgehead atoms. The van der Waals surface area contributed by atoms with Gasteiger partial charge in [0.15, 0.2) is 5.75 Å². The van der Waals surface area contributed by atoms with Crippen LogP contribution in [0.1, 0.15) is 5.69 Å². The highest BCUT2D eigenvalue weighted by Crippen LogP contribution is 2.36. The first-order chi connectivity index (χ1) is 10.5. The van der Waals surface area contributed by atoms with Crippen molar-refractivity contribution in [1.82, 2.24) is 10.3 Å². The Kier molecular flexibility index (Phi) is 5.94. The lowest BCUT2D eigenvalue weighted by Crippen LogP contribution is -2.16. The second-order valence-corrected chi connectivity index (χ2v) is 6.45. The summed E-state index contributed by atoms with van der Waals surface area (Å²) >= 11 is 6.80. The summed E-state index contributed by atoms with van der Waals surface area (Å²) in [6, 6.07) is 5.70. The van der Waals surface area contributed by atoms with Gasteiger partial charge in [-0.1, -0.05) is 47.3 Å². The molecule has 0 saturated carbocycles. The third-order valence-corrected chi connectivity index (χ3v) is 4.30. The van der Waals surface area contributed by atoms with Gasteiger partial charge in [0.1, 0.15) is 5.52 Å². The third-order valence-electron chi connectivity index (χ3n) is 3.04. The number of nitrogens with one attached hydrogen (secondary N) is 1. The second kappa shape index (κ2) is 7.72. The van der Waals surface area contributed by atoms with Crippen LogP contribution in [0.25, 0.3) is 10.9 Å². The van der Waals surface area contributed by atoms with E-state index in [9.17, 15) is 5.11 Å². The number of aromatic nitrogens is 1. The molecule has 2 aromatic rings. The number of hydrogen-bond acceptors (Lipinski definition) is 3. The fraction of sp³-hybridized carbons (Fsp3) is 0.118. The minimum atomic E-state index is 0.151. The number of hydrogen-bond donors (Lipinski definition) is 2. The van der Waals surface area contributed by atoms with E-state index in [-0.39, 0.29) is 5.75 Å². The van der Waals surface area contributed by atoms with Crippen LogP contribution >= 0.6 is 31.9 Å². The van der Waals surface area contributed by atoms with Crippen molar-refractivity contribution in [1.29, 1.82) is 0 Å². The number of benzene rings is 1. The standard InChI is InChI=1S/C17H16Br2N2O/c1-3-4-5-11(2)9-20-10-12-6-7-13-14(18)8-15(19)17(22)16(13)21-12/h3-8,20,22H,1-2,9-10H2/b5-4-. The topological polar surface area (TPSA) is 45.1 Å². The number of halogens is 2. The van der Waals surface area contributed by atoms with Crippen molar-refractivity contribution in [3.05, 3.63) is 69.8 Å². The van der Waals surface area contributed by atoms with Crippen molar-refractivity contribution in [3.8, 4) is 5.75 Å². The molecule has 0 radical (unpaired) electrons. The fourth-order valence-electron chi connectivity index (χ4n) is 1.96. The number of aromatic hydroxyl groups is 1. The average molecular weight is 424 g/mol. The van der Waals surface area contributed by atoms with E-state index in [2.05, 4.69) is 55.3 Å². The summed E-state index contributed by atoms with van der Waals surface area (Å²) in [4.78, 5) is 4.52. The van der Waals surface area contributed by atoms with E-state index in [1.54, 1.807) is 6.08 Å². The maximum Gasteiger partial charge on any atom is 0.156 e. The molecule has 1 heterocycles. The van der Waals surface area contributed by atoms with Gasteiger partial charge in [0.25, 0.3) is 0 Å². The normalized spacial score (nSPS) is 11.2. The molecule has 5 heteroatoms. The van der Waals surface area contributed by atoms with Crippen molar-refractivity contribution in [2.45, 2.75) is 6.54 Å². The smallest absolute Gasteiger partial charge is 0.156 e. The van der Waals surface area contributed by atoms with Crippen LogP contribution < -0.4 is 5.32 Å². The maximum absolute atomic E-state index is 10.1. The van der Waals surface area contributed by atoms with Gasteiger partial charge >= 0.3 is 0 Å². The van der Waals surface area contributed by atoms with Gasteiger partial charge in [-0.2, -0.15) is 0 Å². The first kappa shape index (κ1) is 16.9. The van der Waals surface area contributed by atoms with Crippen LogP contribution in [0.3, 0.4) is 0 Å². The predicted molar refractivity (Wildman–Crippen MR) is 99.0 cm³/mol. The highest BCUT2D eigenvalue weighted by Gasteiger charge is 2.10. The van der Waals surface area contributed by atoms with Crippen LogP contribution in [-0.4, -0.2) is 16.6 Å². The zero-order valence-corrected chi connectivity index (χ0v) is 15.1. The Morgan fingerprint density at radius 3 is 2.82 bits per heavy atom. The Morgan fingerprint density at radius 2 is 2.09 bits per heavy atom. The van der Waals surface area contributed by atoms with E-state index in [1.165, 1.54) is 0 Å². The van der Waals surface area contributed by atoms with Crippen LogP contribution in [-0.2, 0) is 6.54 Å². The first-order valence-corrected chi connectivity index (χ1v) is 8.25. The quantitative estimate of drug-likeness (QED) is 0.652. The Balaban J connectivity index is 2.13. The van der Waals surface area contributed by atoms with Crippen molar-refractivity contribution in [2.75, 3.05) is 6.54 Å². The molecule has 0 amide bonds. The summed E-state index contributed by atoms with van der Waals surface area (Å²) < 4.78 is 1.51. The van der Waals surface area contributed by atoms with Gasteiger partial charge in [-0.15, -0.1) is 0 Å². The van der Waals surface area contributed by atoms with Gasteiger partial charge in [-0.25, -0.2) is 4.98 Å². The molecule has 22 heavy (non-hydrogen) atoms. The van der Waals surface area contributed by atoms with Gasteiger partial charge in [0.2, 0.25) is 0 Å². The summed E-state index contributed by atoms with van der Waals surface area (Å²) in [7, 11) is 0. The Hall–Kier alpha value is -1.43. The average Bonchev–Trinajstić information content (AvgIpc) is 2.50. The molecule has 2 rings (SSSR count). The van der Waals surface area contributed by atoms with Gasteiger partial charge in [-0.05, 0) is 39.7 Å². The molecule has 0 saturated heterocycles. The van der Waals surface area contributed by atoms with Gasteiger partial charge < -0.3 is 10.4 Å². The van der Waals surface area contributed by atoms with E-state index in [4.69, 9.17) is 0 Å². The number of phenolic OH excluding ortho intramolecular Hbond substituents is 1. The molecule has 3 nitrogen and oxygen atoms in total. The number of phenols is 1. The number of nitrogens with zero attached hydrogens (tertiary/aromatic N) is 1. The lowest BCUT2D eigenvalue weighted by atomic mass is 10.2. The highest BCUT2D eigenvalue weighted by atomic mass is 79.9. The number of rotatable bonds is 6. The Labute approximate surface area is 146 Å². The Bertz CT molecular complexity index is 754. The molecule has 0 unspecified atom stereocenters. The first-order valence-electron chi connectivity index (χ1n) is 6.67. The van der Waals surface area contributed by atoms with E-state index in [1.807, 2.05) is 30.4 Å². The maximum atomic E-state index is 10.1. The molecular weight excluding hydrogens is 408 g/mol. The zero-order chi connectivity index (χ0) is 16.1. The van der Waals surface area contributed by atoms with E-state index in [0.29, 0.717) is 23.1 Å². The molecule has 114 valence electrons. The van der Waals surface area contributed by atoms with Crippen LogP contribution in [0.15, 0.2) is 64.1 Å². The molecule has 2 N–H and O–H groups in total. The molecule has 0 atom stereocenters. The van der Waals surface area contributed by atoms with Crippen LogP contribution in [0, 0.1) is 0 Å². The molecule has 0 fully saturated rings. The highest BCUT2D eigenvalue weighted by molar-refractivity contribution is 9.11. The summed E-state index contributed by atoms with van der Waals surface area (Å²) in [6.07, 6.45) is 5.48. The van der Waals surface area contributed by atoms with E-state index >= 15 is 0 Å². The summed E-state index contributed by atoms with van der Waals surface area (Å²) in [6.45, 7) is 8.83. The van der Waals surface area contributed by atoms with E-state index in [0.717, 1.165) is 21.1 Å². The fourth-order valence-corrected chi connectivity index (χ4v) is 3.23. The number of pyridine rings is 1. The van der Waals surface area contributed by atoms with Crippen molar-refractivity contribution >= 4 is 42.8 Å². The minimum Gasteiger partial charge on any atom is -0.505 e. The van der Waals surface area contributed by atoms with Gasteiger partial charge in [0.05, 0.1) is 10.2 Å². The summed E-state index contributed by atoms with van der Waals surface area (Å²) in [5.74, 6) is 0.151. The monoisotopic (exact) mass is 422 g/mol. The second-order valence-electron chi connectivity index (χ2n) is 4.74.